The Morgan fingerprint density at radius 1 is 1.17 bits per heavy atom. The molecule has 0 radical (unpaired) electrons. The highest BCUT2D eigenvalue weighted by Gasteiger charge is 2.46. The molecule has 0 aliphatic heterocycles. The summed E-state index contributed by atoms with van der Waals surface area (Å²) in [5.41, 5.74) is 2.19. The second kappa shape index (κ2) is 2.90. The first-order valence-corrected chi connectivity index (χ1v) is 5.40. The molecule has 2 aliphatic carbocycles. The summed E-state index contributed by atoms with van der Waals surface area (Å²) in [6, 6.07) is 0. The van der Waals surface area contributed by atoms with E-state index in [2.05, 4.69) is 13.5 Å². The van der Waals surface area contributed by atoms with Gasteiger partial charge in [-0.15, -0.1) is 0 Å². The van der Waals surface area contributed by atoms with E-state index in [1.54, 1.807) is 0 Å². The van der Waals surface area contributed by atoms with Crippen molar-refractivity contribution in [2.75, 3.05) is 0 Å². The second-order valence-corrected chi connectivity index (χ2v) is 4.86. The minimum absolute atomic E-state index is 0.740. The van der Waals surface area contributed by atoms with Crippen molar-refractivity contribution in [2.45, 2.75) is 51.9 Å². The summed E-state index contributed by atoms with van der Waals surface area (Å²) in [5, 5.41) is 0. The molecule has 0 nitrogen and oxygen atoms in total. The van der Waals surface area contributed by atoms with Crippen molar-refractivity contribution in [3.8, 4) is 0 Å². The first kappa shape index (κ1) is 8.34. The maximum absolute atomic E-state index is 4.13. The molecule has 0 aromatic rings. The van der Waals surface area contributed by atoms with Gasteiger partial charge in [-0.3, -0.25) is 0 Å². The lowest BCUT2D eigenvalue weighted by atomic mass is 9.52. The van der Waals surface area contributed by atoms with Crippen molar-refractivity contribution in [3.63, 3.8) is 0 Å². The molecule has 2 saturated carbocycles. The third kappa shape index (κ3) is 1.12. The lowest BCUT2D eigenvalue weighted by molar-refractivity contribution is 0.0145. The molecule has 2 fully saturated rings. The normalized spacial score (nSPS) is 32.9. The fraction of sp³-hybridized carbons (Fsp3) is 0.833. The maximum atomic E-state index is 4.13. The number of rotatable bonds is 1. The van der Waals surface area contributed by atoms with Crippen molar-refractivity contribution < 1.29 is 0 Å². The molecule has 0 bridgehead atoms. The van der Waals surface area contributed by atoms with E-state index in [1.807, 2.05) is 0 Å². The van der Waals surface area contributed by atoms with Crippen molar-refractivity contribution in [3.05, 3.63) is 12.2 Å². The topological polar surface area (TPSA) is 0 Å². The fourth-order valence-electron chi connectivity index (χ4n) is 3.32. The largest absolute Gasteiger partial charge is 0.0998 e. The summed E-state index contributed by atoms with van der Waals surface area (Å²) < 4.78 is 0. The Morgan fingerprint density at radius 3 is 2.25 bits per heavy atom. The molecule has 68 valence electrons. The van der Waals surface area contributed by atoms with E-state index >= 15 is 0 Å². The third-order valence-corrected chi connectivity index (χ3v) is 4.11. The molecule has 2 rings (SSSR count). The lowest BCUT2D eigenvalue weighted by Crippen LogP contribution is -2.42. The molecule has 0 heteroatoms. The van der Waals surface area contributed by atoms with Crippen LogP contribution in [0.25, 0.3) is 0 Å². The average molecular weight is 164 g/mol. The molecule has 0 aromatic heterocycles. The Labute approximate surface area is 76.1 Å². The lowest BCUT2D eigenvalue weighted by Gasteiger charge is -2.53. The zero-order valence-corrected chi connectivity index (χ0v) is 8.23. The molecule has 1 spiro atoms. The van der Waals surface area contributed by atoms with Gasteiger partial charge in [0.1, 0.15) is 0 Å². The van der Waals surface area contributed by atoms with Gasteiger partial charge in [-0.25, -0.2) is 0 Å². The monoisotopic (exact) mass is 164 g/mol. The Morgan fingerprint density at radius 2 is 1.83 bits per heavy atom. The van der Waals surface area contributed by atoms with Crippen LogP contribution in [0, 0.1) is 11.3 Å². The van der Waals surface area contributed by atoms with Crippen LogP contribution in [0.4, 0.5) is 0 Å². The first-order valence-electron chi connectivity index (χ1n) is 5.40. The Hall–Kier alpha value is -0.260. The zero-order valence-electron chi connectivity index (χ0n) is 8.23. The van der Waals surface area contributed by atoms with Crippen LogP contribution in [0.15, 0.2) is 12.2 Å². The molecule has 1 atom stereocenters. The Balaban J connectivity index is 2.05. The molecule has 0 aromatic carbocycles. The minimum Gasteiger partial charge on any atom is -0.0998 e. The summed E-state index contributed by atoms with van der Waals surface area (Å²) in [6.07, 6.45) is 10.3. The summed E-state index contributed by atoms with van der Waals surface area (Å²) >= 11 is 0. The highest BCUT2D eigenvalue weighted by Crippen LogP contribution is 2.57. The van der Waals surface area contributed by atoms with E-state index in [0.29, 0.717) is 0 Å². The molecule has 1 unspecified atom stereocenters. The molecular weight excluding hydrogens is 144 g/mol. The molecule has 2 aliphatic rings. The predicted octanol–water partition coefficient (Wildman–Crippen LogP) is 3.92. The standard InChI is InChI=1S/C12H20/c1-10(2)11-6-9-12(11)7-4-3-5-8-12/h11H,1,3-9H2,2H3. The van der Waals surface area contributed by atoms with Crippen LogP contribution in [0.5, 0.6) is 0 Å². The molecule has 0 saturated heterocycles. The van der Waals surface area contributed by atoms with Crippen molar-refractivity contribution in [1.82, 2.24) is 0 Å². The smallest absolute Gasteiger partial charge is 0.0152 e. The van der Waals surface area contributed by atoms with Crippen LogP contribution in [0.2, 0.25) is 0 Å². The van der Waals surface area contributed by atoms with Gasteiger partial charge in [0, 0.05) is 0 Å². The van der Waals surface area contributed by atoms with Crippen LogP contribution in [-0.4, -0.2) is 0 Å². The first-order chi connectivity index (χ1) is 5.75. The zero-order chi connectivity index (χ0) is 8.60. The molecule has 0 heterocycles. The van der Waals surface area contributed by atoms with E-state index < -0.39 is 0 Å². The van der Waals surface area contributed by atoms with Gasteiger partial charge >= 0.3 is 0 Å². The SMILES string of the molecule is C=C(C)C1CCC12CCCCC2. The van der Waals surface area contributed by atoms with Gasteiger partial charge < -0.3 is 0 Å². The highest BCUT2D eigenvalue weighted by molar-refractivity contribution is 5.11. The number of hydrogen-bond acceptors (Lipinski definition) is 0. The molecule has 0 amide bonds. The fourth-order valence-corrected chi connectivity index (χ4v) is 3.32. The van der Waals surface area contributed by atoms with Crippen LogP contribution >= 0.6 is 0 Å². The van der Waals surface area contributed by atoms with Crippen LogP contribution in [0.3, 0.4) is 0 Å². The second-order valence-electron chi connectivity index (χ2n) is 4.86. The van der Waals surface area contributed by atoms with Crippen LogP contribution < -0.4 is 0 Å². The number of hydrogen-bond donors (Lipinski definition) is 0. The van der Waals surface area contributed by atoms with Gasteiger partial charge in [-0.05, 0) is 43.9 Å². The molecular formula is C12H20. The Bertz CT molecular complexity index is 184. The van der Waals surface area contributed by atoms with Gasteiger partial charge in [-0.1, -0.05) is 31.4 Å². The molecule has 12 heavy (non-hydrogen) atoms. The predicted molar refractivity (Wildman–Crippen MR) is 53.1 cm³/mol. The van der Waals surface area contributed by atoms with Gasteiger partial charge in [0.2, 0.25) is 0 Å². The number of allylic oxidation sites excluding steroid dienone is 1. The van der Waals surface area contributed by atoms with Crippen LogP contribution in [-0.2, 0) is 0 Å². The third-order valence-electron chi connectivity index (χ3n) is 4.11. The average Bonchev–Trinajstić information content (AvgIpc) is 2.03. The van der Waals surface area contributed by atoms with Gasteiger partial charge in [0.05, 0.1) is 0 Å². The van der Waals surface area contributed by atoms with Gasteiger partial charge in [-0.2, -0.15) is 0 Å². The van der Waals surface area contributed by atoms with Crippen molar-refractivity contribution in [2.24, 2.45) is 11.3 Å². The Kier molecular flexibility index (Phi) is 2.02. The summed E-state index contributed by atoms with van der Waals surface area (Å²) in [5.74, 6) is 0.887. The quantitative estimate of drug-likeness (QED) is 0.515. The van der Waals surface area contributed by atoms with E-state index in [0.717, 1.165) is 11.3 Å². The summed E-state index contributed by atoms with van der Waals surface area (Å²) in [6.45, 7) is 6.35. The highest BCUT2D eigenvalue weighted by atomic mass is 14.5. The van der Waals surface area contributed by atoms with Gasteiger partial charge in [0.25, 0.3) is 0 Å². The summed E-state index contributed by atoms with van der Waals surface area (Å²) in [7, 11) is 0. The summed E-state index contributed by atoms with van der Waals surface area (Å²) in [4.78, 5) is 0. The van der Waals surface area contributed by atoms with E-state index in [9.17, 15) is 0 Å². The van der Waals surface area contributed by atoms with E-state index in [1.165, 1.54) is 50.5 Å². The maximum Gasteiger partial charge on any atom is -0.0152 e. The van der Waals surface area contributed by atoms with E-state index in [4.69, 9.17) is 0 Å². The van der Waals surface area contributed by atoms with Gasteiger partial charge in [0.15, 0.2) is 0 Å². The van der Waals surface area contributed by atoms with Crippen LogP contribution in [0.1, 0.15) is 51.9 Å². The van der Waals surface area contributed by atoms with E-state index in [-0.39, 0.29) is 0 Å². The van der Waals surface area contributed by atoms with Crippen molar-refractivity contribution >= 4 is 0 Å². The van der Waals surface area contributed by atoms with Crippen molar-refractivity contribution in [1.29, 1.82) is 0 Å². The minimum atomic E-state index is 0.740. The molecule has 0 N–H and O–H groups in total.